The molecule has 2 heterocycles. The van der Waals surface area contributed by atoms with E-state index in [1.54, 1.807) is 7.11 Å². The molecule has 140 valence electrons. The van der Waals surface area contributed by atoms with Crippen molar-refractivity contribution in [2.75, 3.05) is 39.9 Å². The summed E-state index contributed by atoms with van der Waals surface area (Å²) in [6.45, 7) is 5.33. The lowest BCUT2D eigenvalue weighted by molar-refractivity contribution is 0.0604. The minimum absolute atomic E-state index is 0.251. The minimum Gasteiger partial charge on any atom is -0.497 e. The molecule has 1 N–H and O–H groups in total. The zero-order valence-corrected chi connectivity index (χ0v) is 16.2. The first kappa shape index (κ1) is 19.1. The quantitative estimate of drug-likeness (QED) is 0.771. The second kappa shape index (κ2) is 9.88. The number of nitrogens with zero attached hydrogens (tertiary/aromatic N) is 2. The number of methoxy groups -OCH3 is 1. The van der Waals surface area contributed by atoms with Crippen LogP contribution >= 0.6 is 11.3 Å². The van der Waals surface area contributed by atoms with Crippen LogP contribution in [-0.4, -0.2) is 60.8 Å². The van der Waals surface area contributed by atoms with E-state index >= 15 is 0 Å². The maximum atomic E-state index is 9.45. The van der Waals surface area contributed by atoms with Crippen LogP contribution in [0.25, 0.3) is 6.08 Å². The summed E-state index contributed by atoms with van der Waals surface area (Å²) >= 11 is 1.81. The van der Waals surface area contributed by atoms with Crippen LogP contribution in [0.5, 0.6) is 5.75 Å². The Kier molecular flexibility index (Phi) is 7.26. The van der Waals surface area contributed by atoms with Crippen molar-refractivity contribution in [3.8, 4) is 5.75 Å². The standard InChI is InChI=1S/C21H28N2O2S/c1-25-20-8-6-18(7-9-20)4-2-11-22-12-13-23(19(16-22)10-14-24)17-21-5-3-15-26-21/h2-9,15,19,24H,10-14,16-17H2,1H3. The first-order valence-corrected chi connectivity index (χ1v) is 10.1. The molecule has 0 aliphatic carbocycles. The van der Waals surface area contributed by atoms with Gasteiger partial charge in [0, 0.05) is 50.2 Å². The van der Waals surface area contributed by atoms with Crippen molar-refractivity contribution in [2.24, 2.45) is 0 Å². The number of ether oxygens (including phenoxy) is 1. The van der Waals surface area contributed by atoms with Crippen LogP contribution in [0.4, 0.5) is 0 Å². The summed E-state index contributed by atoms with van der Waals surface area (Å²) in [5.74, 6) is 0.885. The van der Waals surface area contributed by atoms with E-state index in [1.807, 2.05) is 23.5 Å². The zero-order valence-electron chi connectivity index (χ0n) is 15.4. The summed E-state index contributed by atoms with van der Waals surface area (Å²) in [7, 11) is 1.69. The number of piperazine rings is 1. The molecule has 0 bridgehead atoms. The van der Waals surface area contributed by atoms with Gasteiger partial charge in [-0.25, -0.2) is 0 Å². The van der Waals surface area contributed by atoms with Crippen LogP contribution in [0.3, 0.4) is 0 Å². The van der Waals surface area contributed by atoms with Crippen molar-refractivity contribution in [3.05, 3.63) is 58.3 Å². The van der Waals surface area contributed by atoms with Crippen LogP contribution in [0.15, 0.2) is 47.9 Å². The van der Waals surface area contributed by atoms with Gasteiger partial charge in [-0.3, -0.25) is 9.80 Å². The summed E-state index contributed by atoms with van der Waals surface area (Å²) < 4.78 is 5.19. The number of hydrogen-bond acceptors (Lipinski definition) is 5. The third-order valence-electron chi connectivity index (χ3n) is 4.88. The van der Waals surface area contributed by atoms with Gasteiger partial charge in [0.05, 0.1) is 7.11 Å². The van der Waals surface area contributed by atoms with Crippen molar-refractivity contribution in [1.82, 2.24) is 9.80 Å². The van der Waals surface area contributed by atoms with E-state index in [0.717, 1.165) is 44.9 Å². The van der Waals surface area contributed by atoms with Crippen LogP contribution in [0.1, 0.15) is 16.9 Å². The van der Waals surface area contributed by atoms with Crippen LogP contribution in [-0.2, 0) is 6.54 Å². The molecule has 1 aromatic heterocycles. The molecule has 1 fully saturated rings. The second-order valence-corrected chi connectivity index (χ2v) is 7.68. The number of benzene rings is 1. The smallest absolute Gasteiger partial charge is 0.118 e. The fourth-order valence-corrected chi connectivity index (χ4v) is 4.14. The average molecular weight is 373 g/mol. The zero-order chi connectivity index (χ0) is 18.2. The van der Waals surface area contributed by atoms with Crippen molar-refractivity contribution in [3.63, 3.8) is 0 Å². The van der Waals surface area contributed by atoms with E-state index in [-0.39, 0.29) is 6.61 Å². The number of hydrogen-bond donors (Lipinski definition) is 1. The van der Waals surface area contributed by atoms with Crippen molar-refractivity contribution < 1.29 is 9.84 Å². The monoisotopic (exact) mass is 372 g/mol. The highest BCUT2D eigenvalue weighted by atomic mass is 32.1. The van der Waals surface area contributed by atoms with Crippen LogP contribution in [0, 0.1) is 0 Å². The van der Waals surface area contributed by atoms with Crippen LogP contribution in [0.2, 0.25) is 0 Å². The number of rotatable bonds is 8. The Morgan fingerprint density at radius 3 is 2.77 bits per heavy atom. The summed E-state index contributed by atoms with van der Waals surface area (Å²) in [5, 5.41) is 11.6. The first-order valence-electron chi connectivity index (χ1n) is 9.18. The summed E-state index contributed by atoms with van der Waals surface area (Å²) in [5.41, 5.74) is 1.19. The SMILES string of the molecule is COc1ccc(C=CCN2CCN(Cc3cccs3)C(CCO)C2)cc1. The maximum absolute atomic E-state index is 9.45. The van der Waals surface area contributed by atoms with E-state index in [2.05, 4.69) is 51.6 Å². The number of aliphatic hydroxyl groups is 1. The van der Waals surface area contributed by atoms with E-state index in [9.17, 15) is 5.11 Å². The highest BCUT2D eigenvalue weighted by Crippen LogP contribution is 2.19. The van der Waals surface area contributed by atoms with Gasteiger partial charge in [0.2, 0.25) is 0 Å². The molecule has 0 amide bonds. The molecule has 2 aromatic rings. The fraction of sp³-hybridized carbons (Fsp3) is 0.429. The van der Waals surface area contributed by atoms with Gasteiger partial charge >= 0.3 is 0 Å². The topological polar surface area (TPSA) is 35.9 Å². The Hall–Kier alpha value is -1.66. The Bertz CT molecular complexity index is 670. The highest BCUT2D eigenvalue weighted by Gasteiger charge is 2.26. The number of thiophene rings is 1. The fourth-order valence-electron chi connectivity index (χ4n) is 3.41. The molecule has 5 heteroatoms. The molecule has 26 heavy (non-hydrogen) atoms. The van der Waals surface area contributed by atoms with Gasteiger partial charge in [-0.15, -0.1) is 11.3 Å². The van der Waals surface area contributed by atoms with Crippen molar-refractivity contribution in [2.45, 2.75) is 19.0 Å². The number of aliphatic hydroxyl groups excluding tert-OH is 1. The van der Waals surface area contributed by atoms with E-state index in [0.29, 0.717) is 6.04 Å². The van der Waals surface area contributed by atoms with Gasteiger partial charge in [0.25, 0.3) is 0 Å². The molecule has 1 unspecified atom stereocenters. The summed E-state index contributed by atoms with van der Waals surface area (Å²) in [6.07, 6.45) is 5.23. The predicted octanol–water partition coefficient (Wildman–Crippen LogP) is 3.34. The van der Waals surface area contributed by atoms with Crippen molar-refractivity contribution in [1.29, 1.82) is 0 Å². The molecule has 1 aromatic carbocycles. The maximum Gasteiger partial charge on any atom is 0.118 e. The molecule has 1 atom stereocenters. The third kappa shape index (κ3) is 5.42. The molecule has 1 aliphatic heterocycles. The molecule has 1 saturated heterocycles. The van der Waals surface area contributed by atoms with Crippen molar-refractivity contribution >= 4 is 17.4 Å². The molecule has 0 spiro atoms. The van der Waals surface area contributed by atoms with Crippen LogP contribution < -0.4 is 4.74 Å². The van der Waals surface area contributed by atoms with Gasteiger partial charge in [0.1, 0.15) is 5.75 Å². The van der Waals surface area contributed by atoms with Gasteiger partial charge in [0.15, 0.2) is 0 Å². The van der Waals surface area contributed by atoms with E-state index < -0.39 is 0 Å². The van der Waals surface area contributed by atoms with Gasteiger partial charge < -0.3 is 9.84 Å². The Morgan fingerprint density at radius 1 is 1.23 bits per heavy atom. The molecule has 4 nitrogen and oxygen atoms in total. The van der Waals surface area contributed by atoms with E-state index in [4.69, 9.17) is 4.74 Å². The van der Waals surface area contributed by atoms with Gasteiger partial charge in [-0.2, -0.15) is 0 Å². The molecule has 1 aliphatic rings. The minimum atomic E-state index is 0.251. The molecule has 0 saturated carbocycles. The van der Waals surface area contributed by atoms with Gasteiger partial charge in [-0.1, -0.05) is 30.4 Å². The molecular weight excluding hydrogens is 344 g/mol. The second-order valence-electron chi connectivity index (χ2n) is 6.65. The largest absolute Gasteiger partial charge is 0.497 e. The lowest BCUT2D eigenvalue weighted by atomic mass is 10.1. The normalized spacial score (nSPS) is 19.2. The van der Waals surface area contributed by atoms with Gasteiger partial charge in [-0.05, 0) is 35.6 Å². The highest BCUT2D eigenvalue weighted by molar-refractivity contribution is 7.09. The average Bonchev–Trinajstić information content (AvgIpc) is 3.18. The molecule has 0 radical (unpaired) electrons. The lowest BCUT2D eigenvalue weighted by Crippen LogP contribution is -2.52. The Labute approximate surface area is 160 Å². The first-order chi connectivity index (χ1) is 12.8. The predicted molar refractivity (Wildman–Crippen MR) is 109 cm³/mol. The Balaban J connectivity index is 1.52. The van der Waals surface area contributed by atoms with E-state index in [1.165, 1.54) is 10.4 Å². The Morgan fingerprint density at radius 2 is 2.08 bits per heavy atom. The summed E-state index contributed by atoms with van der Waals surface area (Å²) in [4.78, 5) is 6.40. The molecule has 3 rings (SSSR count). The summed E-state index contributed by atoms with van der Waals surface area (Å²) in [6, 6.07) is 12.9. The third-order valence-corrected chi connectivity index (χ3v) is 5.74. The molecular formula is C21H28N2O2S. The lowest BCUT2D eigenvalue weighted by Gasteiger charge is -2.41.